The lowest BCUT2D eigenvalue weighted by atomic mass is 10.1. The Labute approximate surface area is 151 Å². The first-order valence-corrected chi connectivity index (χ1v) is 9.34. The molecule has 0 amide bonds. The Bertz CT molecular complexity index is 824. The first-order chi connectivity index (χ1) is 12.2. The zero-order valence-electron chi connectivity index (χ0n) is 14.4. The summed E-state index contributed by atoms with van der Waals surface area (Å²) in [5, 5.41) is 7.29. The second-order valence-electron chi connectivity index (χ2n) is 6.31. The maximum atomic E-state index is 5.75. The van der Waals surface area contributed by atoms with Gasteiger partial charge in [-0.15, -0.1) is 11.3 Å². The van der Waals surface area contributed by atoms with E-state index in [0.717, 1.165) is 47.4 Å². The van der Waals surface area contributed by atoms with Crippen molar-refractivity contribution in [2.45, 2.75) is 26.4 Å². The van der Waals surface area contributed by atoms with Gasteiger partial charge in [-0.25, -0.2) is 4.98 Å². The van der Waals surface area contributed by atoms with Crippen molar-refractivity contribution in [1.82, 2.24) is 15.0 Å². The van der Waals surface area contributed by atoms with E-state index in [1.807, 2.05) is 32.0 Å². The van der Waals surface area contributed by atoms with E-state index >= 15 is 0 Å². The molecule has 0 radical (unpaired) electrons. The van der Waals surface area contributed by atoms with Crippen molar-refractivity contribution in [1.29, 1.82) is 0 Å². The summed E-state index contributed by atoms with van der Waals surface area (Å²) in [5.41, 5.74) is 4.37. The molecule has 25 heavy (non-hydrogen) atoms. The summed E-state index contributed by atoms with van der Waals surface area (Å²) in [7, 11) is 0. The van der Waals surface area contributed by atoms with Crippen LogP contribution in [0.5, 0.6) is 0 Å². The molecular formula is C19H21N3O2S. The number of ether oxygens (including phenoxy) is 1. The largest absolute Gasteiger partial charge is 0.378 e. The van der Waals surface area contributed by atoms with Gasteiger partial charge in [0.25, 0.3) is 0 Å². The van der Waals surface area contributed by atoms with E-state index < -0.39 is 0 Å². The Kier molecular flexibility index (Phi) is 4.65. The molecule has 1 fully saturated rings. The Morgan fingerprint density at radius 2 is 2.08 bits per heavy atom. The monoisotopic (exact) mass is 355 g/mol. The predicted molar refractivity (Wildman–Crippen MR) is 97.5 cm³/mol. The lowest BCUT2D eigenvalue weighted by Gasteiger charge is -2.34. The lowest BCUT2D eigenvalue weighted by Crippen LogP contribution is -2.39. The second kappa shape index (κ2) is 7.07. The minimum absolute atomic E-state index is 0.163. The molecule has 0 N–H and O–H groups in total. The molecule has 130 valence electrons. The minimum atomic E-state index is 0.163. The molecular weight excluding hydrogens is 334 g/mol. The lowest BCUT2D eigenvalue weighted by molar-refractivity contribution is -0.0142. The van der Waals surface area contributed by atoms with Gasteiger partial charge >= 0.3 is 0 Å². The Hall–Kier alpha value is -2.02. The number of benzene rings is 1. The first-order valence-electron chi connectivity index (χ1n) is 8.47. The van der Waals surface area contributed by atoms with E-state index in [0.29, 0.717) is 6.61 Å². The number of aromatic nitrogens is 2. The summed E-state index contributed by atoms with van der Waals surface area (Å²) in [5.74, 6) is 0.894. The fourth-order valence-electron chi connectivity index (χ4n) is 3.18. The highest BCUT2D eigenvalue weighted by atomic mass is 32.1. The molecule has 3 aromatic rings. The van der Waals surface area contributed by atoms with Gasteiger partial charge in [0.1, 0.15) is 10.8 Å². The van der Waals surface area contributed by atoms with Crippen molar-refractivity contribution < 1.29 is 9.26 Å². The topological polar surface area (TPSA) is 51.4 Å². The van der Waals surface area contributed by atoms with Crippen molar-refractivity contribution in [3.8, 4) is 10.6 Å². The molecule has 0 saturated carbocycles. The van der Waals surface area contributed by atoms with Gasteiger partial charge in [-0.3, -0.25) is 4.90 Å². The average molecular weight is 355 g/mol. The van der Waals surface area contributed by atoms with Crippen LogP contribution in [-0.4, -0.2) is 34.8 Å². The minimum Gasteiger partial charge on any atom is -0.378 e. The number of hydrogen-bond acceptors (Lipinski definition) is 6. The van der Waals surface area contributed by atoms with E-state index in [4.69, 9.17) is 14.2 Å². The normalized spacial score (nSPS) is 18.6. The molecule has 6 heteroatoms. The Morgan fingerprint density at radius 3 is 2.84 bits per heavy atom. The summed E-state index contributed by atoms with van der Waals surface area (Å²) >= 11 is 1.69. The third kappa shape index (κ3) is 3.38. The van der Waals surface area contributed by atoms with Gasteiger partial charge in [0.2, 0.25) is 0 Å². The molecule has 1 aliphatic heterocycles. The van der Waals surface area contributed by atoms with Crippen LogP contribution in [0.4, 0.5) is 0 Å². The molecule has 1 aromatic carbocycles. The van der Waals surface area contributed by atoms with Crippen LogP contribution in [0.15, 0.2) is 40.2 Å². The molecule has 2 aromatic heterocycles. The first kappa shape index (κ1) is 16.4. The van der Waals surface area contributed by atoms with Crippen LogP contribution in [0.3, 0.4) is 0 Å². The highest BCUT2D eigenvalue weighted by Gasteiger charge is 2.28. The van der Waals surface area contributed by atoms with E-state index in [-0.39, 0.29) is 6.04 Å². The predicted octanol–water partition coefficient (Wildman–Crippen LogP) is 3.99. The van der Waals surface area contributed by atoms with Gasteiger partial charge in [-0.1, -0.05) is 35.5 Å². The van der Waals surface area contributed by atoms with Crippen molar-refractivity contribution in [3.63, 3.8) is 0 Å². The van der Waals surface area contributed by atoms with E-state index in [9.17, 15) is 0 Å². The van der Waals surface area contributed by atoms with Crippen molar-refractivity contribution >= 4 is 11.3 Å². The Morgan fingerprint density at radius 1 is 1.24 bits per heavy atom. The Balaban J connectivity index is 1.58. The summed E-state index contributed by atoms with van der Waals surface area (Å²) < 4.78 is 11.1. The van der Waals surface area contributed by atoms with Crippen LogP contribution in [0.25, 0.3) is 10.6 Å². The fraction of sp³-hybridized carbons (Fsp3) is 0.368. The third-order valence-electron chi connectivity index (χ3n) is 4.67. The van der Waals surface area contributed by atoms with E-state index in [1.165, 1.54) is 5.56 Å². The molecule has 3 heterocycles. The zero-order chi connectivity index (χ0) is 17.2. The molecule has 1 aliphatic rings. The van der Waals surface area contributed by atoms with Crippen LogP contribution in [0.2, 0.25) is 0 Å². The summed E-state index contributed by atoms with van der Waals surface area (Å²) in [6, 6.07) is 10.5. The highest BCUT2D eigenvalue weighted by Crippen LogP contribution is 2.31. The molecule has 1 saturated heterocycles. The van der Waals surface area contributed by atoms with Gasteiger partial charge in [0.05, 0.1) is 30.6 Å². The van der Waals surface area contributed by atoms with Crippen molar-refractivity contribution in [2.24, 2.45) is 0 Å². The van der Waals surface area contributed by atoms with E-state index in [1.54, 1.807) is 11.3 Å². The maximum absolute atomic E-state index is 5.75. The number of aryl methyl sites for hydroxylation is 2. The van der Waals surface area contributed by atoms with Crippen LogP contribution < -0.4 is 0 Å². The van der Waals surface area contributed by atoms with Crippen LogP contribution >= 0.6 is 11.3 Å². The third-order valence-corrected chi connectivity index (χ3v) is 5.58. The zero-order valence-corrected chi connectivity index (χ0v) is 15.3. The summed E-state index contributed by atoms with van der Waals surface area (Å²) in [6.07, 6.45) is 0. The molecule has 1 atom stereocenters. The van der Waals surface area contributed by atoms with Crippen LogP contribution in [0.1, 0.15) is 28.8 Å². The van der Waals surface area contributed by atoms with Crippen LogP contribution in [-0.2, 0) is 11.3 Å². The summed E-state index contributed by atoms with van der Waals surface area (Å²) in [6.45, 7) is 7.08. The quantitative estimate of drug-likeness (QED) is 0.708. The maximum Gasteiger partial charge on any atom is 0.138 e. The van der Waals surface area contributed by atoms with Gasteiger partial charge in [-0.05, 0) is 13.8 Å². The number of rotatable bonds is 4. The second-order valence-corrected chi connectivity index (χ2v) is 7.17. The molecule has 0 aliphatic carbocycles. The van der Waals surface area contributed by atoms with Gasteiger partial charge in [0.15, 0.2) is 0 Å². The number of nitrogens with zero attached hydrogens (tertiary/aromatic N) is 3. The van der Waals surface area contributed by atoms with Crippen molar-refractivity contribution in [2.75, 3.05) is 19.8 Å². The molecule has 4 rings (SSSR count). The van der Waals surface area contributed by atoms with Gasteiger partial charge < -0.3 is 9.26 Å². The highest BCUT2D eigenvalue weighted by molar-refractivity contribution is 7.13. The smallest absolute Gasteiger partial charge is 0.138 e. The summed E-state index contributed by atoms with van der Waals surface area (Å²) in [4.78, 5) is 7.30. The molecule has 1 unspecified atom stereocenters. The van der Waals surface area contributed by atoms with E-state index in [2.05, 4.69) is 27.6 Å². The SMILES string of the molecule is Cc1noc(C)c1CN1CCOCC1c1csc(-c2ccccc2)n1. The van der Waals surface area contributed by atoms with Crippen LogP contribution in [0, 0.1) is 13.8 Å². The van der Waals surface area contributed by atoms with Gasteiger partial charge in [0, 0.05) is 29.6 Å². The molecule has 0 bridgehead atoms. The van der Waals surface area contributed by atoms with Crippen molar-refractivity contribution in [3.05, 3.63) is 58.4 Å². The molecule has 0 spiro atoms. The average Bonchev–Trinajstić information content (AvgIpc) is 3.26. The number of thiazole rings is 1. The van der Waals surface area contributed by atoms with Gasteiger partial charge in [-0.2, -0.15) is 0 Å². The number of hydrogen-bond donors (Lipinski definition) is 0. The molecule has 5 nitrogen and oxygen atoms in total. The fourth-order valence-corrected chi connectivity index (χ4v) is 4.06. The number of morpholine rings is 1. The standard InChI is InChI=1S/C19H21N3O2S/c1-13-16(14(2)24-21-13)10-22-8-9-23-11-18(22)17-12-25-19(20-17)15-6-4-3-5-7-15/h3-7,12,18H,8-11H2,1-2H3.